The van der Waals surface area contributed by atoms with E-state index in [0.29, 0.717) is 24.8 Å². The fourth-order valence-corrected chi connectivity index (χ4v) is 4.47. The number of amides is 2. The molecule has 2 aromatic carbocycles. The lowest BCUT2D eigenvalue weighted by atomic mass is 9.93. The maximum Gasteiger partial charge on any atom is 0.282 e. The van der Waals surface area contributed by atoms with Crippen LogP contribution in [0, 0.1) is 5.82 Å². The minimum absolute atomic E-state index is 0.0460. The van der Waals surface area contributed by atoms with Crippen molar-refractivity contribution in [2.24, 2.45) is 0 Å². The third-order valence-corrected chi connectivity index (χ3v) is 5.98. The van der Waals surface area contributed by atoms with E-state index in [2.05, 4.69) is 5.32 Å². The minimum atomic E-state index is -0.250. The average molecular weight is 396 g/mol. The normalized spacial score (nSPS) is 18.1. The highest BCUT2D eigenvalue weighted by molar-refractivity contribution is 6.10. The first-order valence-electron chi connectivity index (χ1n) is 10.4. The molecule has 0 aromatic heterocycles. The molecule has 0 saturated heterocycles. The lowest BCUT2D eigenvalue weighted by molar-refractivity contribution is -0.932. The molecule has 1 aliphatic carbocycles. The van der Waals surface area contributed by atoms with Crippen molar-refractivity contribution in [1.82, 2.24) is 0 Å². The number of para-hydroxylation sites is 2. The van der Waals surface area contributed by atoms with Gasteiger partial charge >= 0.3 is 0 Å². The van der Waals surface area contributed by atoms with Gasteiger partial charge in [-0.15, -0.1) is 0 Å². The van der Waals surface area contributed by atoms with Gasteiger partial charge in [-0.25, -0.2) is 4.39 Å². The summed E-state index contributed by atoms with van der Waals surface area (Å²) in [6.45, 7) is 1.05. The van der Waals surface area contributed by atoms with Gasteiger partial charge in [0.1, 0.15) is 18.9 Å². The van der Waals surface area contributed by atoms with Gasteiger partial charge in [-0.05, 0) is 49.9 Å². The smallest absolute Gasteiger partial charge is 0.282 e. The summed E-state index contributed by atoms with van der Waals surface area (Å²) in [6.07, 6.45) is 5.80. The van der Waals surface area contributed by atoms with E-state index in [9.17, 15) is 14.0 Å². The monoisotopic (exact) mass is 396 g/mol. The zero-order chi connectivity index (χ0) is 20.2. The number of hydrogen-bond acceptors (Lipinski definition) is 2. The number of benzene rings is 2. The highest BCUT2D eigenvalue weighted by atomic mass is 19.1. The fraction of sp³-hybridized carbons (Fsp3) is 0.391. The highest BCUT2D eigenvalue weighted by Crippen LogP contribution is 2.28. The van der Waals surface area contributed by atoms with Crippen molar-refractivity contribution in [3.8, 4) is 0 Å². The Morgan fingerprint density at radius 2 is 1.79 bits per heavy atom. The van der Waals surface area contributed by atoms with Crippen molar-refractivity contribution < 1.29 is 18.9 Å². The van der Waals surface area contributed by atoms with Crippen LogP contribution in [-0.4, -0.2) is 30.9 Å². The van der Waals surface area contributed by atoms with E-state index in [1.54, 1.807) is 17.0 Å². The van der Waals surface area contributed by atoms with E-state index >= 15 is 0 Å². The number of rotatable bonds is 5. The number of nitrogens with one attached hydrogen (secondary N) is 2. The van der Waals surface area contributed by atoms with Crippen LogP contribution in [0.1, 0.15) is 37.7 Å². The van der Waals surface area contributed by atoms with Crippen LogP contribution in [0.25, 0.3) is 0 Å². The molecule has 1 saturated carbocycles. The molecule has 0 bridgehead atoms. The molecular weight excluding hydrogens is 369 g/mol. The topological polar surface area (TPSA) is 53.9 Å². The van der Waals surface area contributed by atoms with Gasteiger partial charge in [0.05, 0.1) is 17.4 Å². The summed E-state index contributed by atoms with van der Waals surface area (Å²) in [6, 6.07) is 14.4. The molecule has 1 heterocycles. The molecule has 0 spiro atoms. The molecule has 1 unspecified atom stereocenters. The van der Waals surface area contributed by atoms with Crippen molar-refractivity contribution >= 4 is 23.2 Å². The summed E-state index contributed by atoms with van der Waals surface area (Å²) in [7, 11) is 0. The van der Waals surface area contributed by atoms with Crippen LogP contribution in [0.2, 0.25) is 0 Å². The summed E-state index contributed by atoms with van der Waals surface area (Å²) in [5.74, 6) is -0.468. The Kier molecular flexibility index (Phi) is 5.90. The van der Waals surface area contributed by atoms with Crippen LogP contribution in [0.4, 0.5) is 15.8 Å². The van der Waals surface area contributed by atoms with E-state index < -0.39 is 0 Å². The predicted molar refractivity (Wildman–Crippen MR) is 110 cm³/mol. The highest BCUT2D eigenvalue weighted by Gasteiger charge is 2.32. The van der Waals surface area contributed by atoms with Crippen LogP contribution < -0.4 is 15.1 Å². The largest absolute Gasteiger partial charge is 0.323 e. The molecule has 1 fully saturated rings. The van der Waals surface area contributed by atoms with Crippen molar-refractivity contribution in [3.05, 3.63) is 59.9 Å². The second kappa shape index (κ2) is 8.74. The molecule has 2 amide bonds. The maximum atomic E-state index is 13.3. The molecule has 2 aliphatic rings. The Morgan fingerprint density at radius 1 is 1.07 bits per heavy atom. The van der Waals surface area contributed by atoms with Crippen LogP contribution in [0.15, 0.2) is 48.5 Å². The number of carbonyl (C=O) groups excluding carboxylic acids is 2. The molecule has 1 atom stereocenters. The summed E-state index contributed by atoms with van der Waals surface area (Å²) in [4.78, 5) is 28.2. The SMILES string of the molecule is O=C1CN(C(=O)C[NH+](Cc2ccc(F)cc2)C2CCCCC2)c2ccccc2N1. The maximum absolute atomic E-state index is 13.3. The number of quaternary nitrogens is 1. The lowest BCUT2D eigenvalue weighted by Gasteiger charge is -2.34. The molecule has 29 heavy (non-hydrogen) atoms. The predicted octanol–water partition coefficient (Wildman–Crippen LogP) is 2.53. The Morgan fingerprint density at radius 3 is 2.55 bits per heavy atom. The summed E-state index contributed by atoms with van der Waals surface area (Å²) in [5, 5.41) is 2.83. The van der Waals surface area contributed by atoms with Gasteiger partial charge in [-0.1, -0.05) is 30.7 Å². The molecule has 5 nitrogen and oxygen atoms in total. The van der Waals surface area contributed by atoms with Gasteiger partial charge in [0.25, 0.3) is 5.91 Å². The van der Waals surface area contributed by atoms with Gasteiger partial charge in [0, 0.05) is 5.56 Å². The Labute approximate surface area is 170 Å². The summed E-state index contributed by atoms with van der Waals surface area (Å²) < 4.78 is 13.3. The first kappa shape index (κ1) is 19.6. The summed E-state index contributed by atoms with van der Waals surface area (Å²) >= 11 is 0. The molecule has 1 aliphatic heterocycles. The number of hydrogen-bond donors (Lipinski definition) is 2. The zero-order valence-electron chi connectivity index (χ0n) is 16.5. The Hall–Kier alpha value is -2.73. The number of anilines is 2. The lowest BCUT2D eigenvalue weighted by Crippen LogP contribution is -3.15. The second-order valence-corrected chi connectivity index (χ2v) is 8.02. The fourth-order valence-electron chi connectivity index (χ4n) is 4.47. The first-order chi connectivity index (χ1) is 14.1. The Bertz CT molecular complexity index is 878. The van der Waals surface area contributed by atoms with Crippen LogP contribution in [0.3, 0.4) is 0 Å². The average Bonchev–Trinajstić information content (AvgIpc) is 2.74. The van der Waals surface area contributed by atoms with E-state index in [4.69, 9.17) is 0 Å². The first-order valence-corrected chi connectivity index (χ1v) is 10.4. The van der Waals surface area contributed by atoms with Crippen LogP contribution >= 0.6 is 0 Å². The number of fused-ring (bicyclic) bond motifs is 1. The number of nitrogens with zero attached hydrogens (tertiary/aromatic N) is 1. The minimum Gasteiger partial charge on any atom is -0.323 e. The number of carbonyl (C=O) groups is 2. The molecule has 2 N–H and O–H groups in total. The van der Waals surface area contributed by atoms with Gasteiger partial charge < -0.3 is 10.2 Å². The van der Waals surface area contributed by atoms with Crippen molar-refractivity contribution in [1.29, 1.82) is 0 Å². The molecule has 4 rings (SSSR count). The molecule has 0 radical (unpaired) electrons. The zero-order valence-corrected chi connectivity index (χ0v) is 16.5. The standard InChI is InChI=1S/C23H26FN3O2/c24-18-12-10-17(11-13-18)14-26(19-6-2-1-3-7-19)16-23(29)27-15-22(28)25-20-8-4-5-9-21(20)27/h4-5,8-13,19H,1-3,6-7,14-16H2,(H,25,28)/p+1. The quantitative estimate of drug-likeness (QED) is 0.816. The van der Waals surface area contributed by atoms with E-state index in [-0.39, 0.29) is 24.2 Å². The summed E-state index contributed by atoms with van der Waals surface area (Å²) in [5.41, 5.74) is 2.45. The Balaban J connectivity index is 1.54. The molecule has 152 valence electrons. The van der Waals surface area contributed by atoms with Gasteiger partial charge in [-0.2, -0.15) is 0 Å². The van der Waals surface area contributed by atoms with E-state index in [0.717, 1.165) is 24.1 Å². The van der Waals surface area contributed by atoms with Crippen LogP contribution in [-0.2, 0) is 16.1 Å². The third-order valence-electron chi connectivity index (χ3n) is 5.98. The number of halogens is 1. The second-order valence-electron chi connectivity index (χ2n) is 8.02. The van der Waals surface area contributed by atoms with Gasteiger partial charge in [-0.3, -0.25) is 14.5 Å². The van der Waals surface area contributed by atoms with E-state index in [1.807, 2.05) is 24.3 Å². The van der Waals surface area contributed by atoms with E-state index in [1.165, 1.54) is 36.3 Å². The van der Waals surface area contributed by atoms with Crippen molar-refractivity contribution in [3.63, 3.8) is 0 Å². The molecule has 6 heteroatoms. The molecular formula is C23H27FN3O2+. The molecule has 2 aromatic rings. The van der Waals surface area contributed by atoms with Crippen molar-refractivity contribution in [2.45, 2.75) is 44.7 Å². The van der Waals surface area contributed by atoms with Gasteiger partial charge in [0.15, 0.2) is 6.54 Å². The van der Waals surface area contributed by atoms with Crippen molar-refractivity contribution in [2.75, 3.05) is 23.3 Å². The third kappa shape index (κ3) is 4.65. The van der Waals surface area contributed by atoms with Crippen LogP contribution in [0.5, 0.6) is 0 Å². The van der Waals surface area contributed by atoms with Gasteiger partial charge in [0.2, 0.25) is 5.91 Å².